The molecule has 0 spiro atoms. The van der Waals surface area contributed by atoms with E-state index in [4.69, 9.17) is 23.1 Å². The average Bonchev–Trinajstić information content (AvgIpc) is 2.50. The van der Waals surface area contributed by atoms with Gasteiger partial charge in [-0.3, -0.25) is 0 Å². The van der Waals surface area contributed by atoms with Gasteiger partial charge in [0.1, 0.15) is 5.75 Å². The second-order valence-corrected chi connectivity index (χ2v) is 5.56. The summed E-state index contributed by atoms with van der Waals surface area (Å²) in [7, 11) is 0. The predicted octanol–water partition coefficient (Wildman–Crippen LogP) is 3.83. The van der Waals surface area contributed by atoms with Gasteiger partial charge in [-0.2, -0.15) is 4.99 Å². The molecule has 0 atom stereocenters. The Hall–Kier alpha value is -1.58. The van der Waals surface area contributed by atoms with Crippen LogP contribution >= 0.6 is 36.4 Å². The molecule has 1 aliphatic heterocycles. The Bertz CT molecular complexity index is 649. The van der Waals surface area contributed by atoms with E-state index in [0.717, 1.165) is 38.4 Å². The van der Waals surface area contributed by atoms with Crippen LogP contribution in [0.4, 0.5) is 18.9 Å². The monoisotopic (exact) mass is 435 g/mol. The van der Waals surface area contributed by atoms with Crippen LogP contribution in [0.3, 0.4) is 0 Å². The molecule has 0 saturated carbocycles. The van der Waals surface area contributed by atoms with Crippen molar-refractivity contribution in [3.8, 4) is 5.75 Å². The average molecular weight is 437 g/mol. The molecule has 12 heteroatoms. The zero-order valence-corrected chi connectivity index (χ0v) is 15.9. The van der Waals surface area contributed by atoms with Gasteiger partial charge in [0.05, 0.1) is 10.7 Å². The van der Waals surface area contributed by atoms with E-state index in [0.29, 0.717) is 0 Å². The van der Waals surface area contributed by atoms with Crippen molar-refractivity contribution in [2.24, 2.45) is 21.5 Å². The number of aliphatic imine (C=N–C) groups is 2. The normalized spacial score (nSPS) is 15.8. The van der Waals surface area contributed by atoms with Crippen molar-refractivity contribution in [2.45, 2.75) is 25.6 Å². The van der Waals surface area contributed by atoms with Gasteiger partial charge in [0.25, 0.3) is 0 Å². The maximum absolute atomic E-state index is 12.3. The van der Waals surface area contributed by atoms with E-state index in [9.17, 15) is 13.2 Å². The summed E-state index contributed by atoms with van der Waals surface area (Å²) in [5.41, 5.74) is 11.7. The lowest BCUT2D eigenvalue weighted by molar-refractivity contribution is -0.274. The van der Waals surface area contributed by atoms with Crippen LogP contribution in [-0.2, 0) is 0 Å². The van der Waals surface area contributed by atoms with E-state index in [1.807, 2.05) is 4.90 Å². The molecule has 1 aromatic rings. The van der Waals surface area contributed by atoms with Gasteiger partial charge in [-0.15, -0.1) is 38.0 Å². The molecule has 26 heavy (non-hydrogen) atoms. The molecule has 0 aromatic heterocycles. The van der Waals surface area contributed by atoms with Crippen LogP contribution < -0.4 is 16.2 Å². The predicted molar refractivity (Wildman–Crippen MR) is 101 cm³/mol. The lowest BCUT2D eigenvalue weighted by Gasteiger charge is -2.27. The van der Waals surface area contributed by atoms with Crippen molar-refractivity contribution in [3.63, 3.8) is 0 Å². The van der Waals surface area contributed by atoms with Crippen molar-refractivity contribution in [1.82, 2.24) is 4.90 Å². The smallest absolute Gasteiger partial charge is 0.404 e. The Morgan fingerprint density at radius 1 is 1.12 bits per heavy atom. The summed E-state index contributed by atoms with van der Waals surface area (Å²) in [6.07, 6.45) is -1.68. The molecule has 148 valence electrons. The van der Waals surface area contributed by atoms with Crippen LogP contribution in [0, 0.1) is 0 Å². The zero-order valence-electron chi connectivity index (χ0n) is 13.5. The maximum Gasteiger partial charge on any atom is 0.573 e. The molecule has 0 aliphatic carbocycles. The number of nitrogens with two attached hydrogens (primary N) is 2. The molecule has 1 aromatic carbocycles. The molecule has 0 unspecified atom stereocenters. The van der Waals surface area contributed by atoms with Gasteiger partial charge in [0, 0.05) is 19.2 Å². The fourth-order valence-corrected chi connectivity index (χ4v) is 2.39. The minimum Gasteiger partial charge on any atom is -0.404 e. The van der Waals surface area contributed by atoms with E-state index >= 15 is 0 Å². The fourth-order valence-electron chi connectivity index (χ4n) is 2.23. The molecule has 6 nitrogen and oxygen atoms in total. The fraction of sp³-hybridized carbons (Fsp3) is 0.429. The minimum absolute atomic E-state index is 0. The zero-order chi connectivity index (χ0) is 17.7. The minimum atomic E-state index is -4.85. The van der Waals surface area contributed by atoms with E-state index in [2.05, 4.69) is 14.7 Å². The summed E-state index contributed by atoms with van der Waals surface area (Å²) in [4.78, 5) is 9.78. The first-order chi connectivity index (χ1) is 11.2. The van der Waals surface area contributed by atoms with E-state index in [1.165, 1.54) is 12.1 Å². The van der Waals surface area contributed by atoms with Gasteiger partial charge in [-0.05, 0) is 31.4 Å². The second kappa shape index (κ2) is 10.5. The summed E-state index contributed by atoms with van der Waals surface area (Å²) in [5, 5.41) is -0.193. The Morgan fingerprint density at radius 3 is 2.31 bits per heavy atom. The highest BCUT2D eigenvalue weighted by Gasteiger charge is 2.32. The lowest BCUT2D eigenvalue weighted by Crippen LogP contribution is -2.41. The molecule has 0 amide bonds. The number of piperidine rings is 1. The number of ether oxygens (including phenoxy) is 1. The number of nitrogens with zero attached hydrogens (tertiary/aromatic N) is 3. The first kappa shape index (κ1) is 24.4. The lowest BCUT2D eigenvalue weighted by atomic mass is 10.1. The Kier molecular flexibility index (Phi) is 9.90. The SMILES string of the molecule is Cl.Cl.NC(=Nc1ccc(Cl)c(OC(F)(F)F)c1)/N=C(/N)N1CCCCC1. The molecule has 0 bridgehead atoms. The number of hydrogen-bond acceptors (Lipinski definition) is 2. The number of likely N-dealkylation sites (tertiary alicyclic amines) is 1. The standard InChI is InChI=1S/C14H17ClF3N5O.2ClH/c15-10-5-4-9(8-11(10)24-14(16,17)18)21-12(19)22-13(20)23-6-2-1-3-7-23;;/h4-5,8H,1-3,6-7H2,(H4,19,20,21,22);2*1H. The molecule has 2 rings (SSSR count). The highest BCUT2D eigenvalue weighted by molar-refractivity contribution is 6.32. The Morgan fingerprint density at radius 2 is 1.73 bits per heavy atom. The number of guanidine groups is 2. The molecule has 0 radical (unpaired) electrons. The van der Waals surface area contributed by atoms with Gasteiger partial charge in [0.2, 0.25) is 5.96 Å². The Labute approximate surface area is 166 Å². The van der Waals surface area contributed by atoms with Gasteiger partial charge < -0.3 is 21.1 Å². The van der Waals surface area contributed by atoms with Crippen molar-refractivity contribution in [1.29, 1.82) is 0 Å². The Balaban J connectivity index is 0.00000312. The van der Waals surface area contributed by atoms with E-state index in [1.54, 1.807) is 0 Å². The highest BCUT2D eigenvalue weighted by Crippen LogP contribution is 2.33. The van der Waals surface area contributed by atoms with Crippen LogP contribution in [0.1, 0.15) is 19.3 Å². The van der Waals surface area contributed by atoms with Crippen molar-refractivity contribution < 1.29 is 17.9 Å². The van der Waals surface area contributed by atoms with Gasteiger partial charge in [0.15, 0.2) is 5.96 Å². The third-order valence-electron chi connectivity index (χ3n) is 3.29. The molecular formula is C14H19Cl3F3N5O. The second-order valence-electron chi connectivity index (χ2n) is 5.15. The summed E-state index contributed by atoms with van der Waals surface area (Å²) in [6.45, 7) is 1.57. The number of rotatable bonds is 2. The quantitative estimate of drug-likeness (QED) is 0.545. The third kappa shape index (κ3) is 7.76. The molecule has 1 heterocycles. The molecule has 1 aliphatic rings. The van der Waals surface area contributed by atoms with E-state index in [-0.39, 0.29) is 47.4 Å². The summed E-state index contributed by atoms with van der Waals surface area (Å²) < 4.78 is 40.7. The third-order valence-corrected chi connectivity index (χ3v) is 3.61. The maximum atomic E-state index is 12.3. The van der Waals surface area contributed by atoms with Crippen LogP contribution in [0.25, 0.3) is 0 Å². The highest BCUT2D eigenvalue weighted by atomic mass is 35.5. The molecular weight excluding hydrogens is 418 g/mol. The number of benzene rings is 1. The summed E-state index contributed by atoms with van der Waals surface area (Å²) in [6, 6.07) is 3.65. The number of halogens is 6. The van der Waals surface area contributed by atoms with Gasteiger partial charge in [-0.1, -0.05) is 11.6 Å². The first-order valence-corrected chi connectivity index (χ1v) is 7.61. The van der Waals surface area contributed by atoms with Crippen molar-refractivity contribution in [2.75, 3.05) is 13.1 Å². The summed E-state index contributed by atoms with van der Waals surface area (Å²) in [5.74, 6) is -0.499. The largest absolute Gasteiger partial charge is 0.573 e. The van der Waals surface area contributed by atoms with Crippen molar-refractivity contribution >= 4 is 54.0 Å². The van der Waals surface area contributed by atoms with Gasteiger partial charge in [-0.25, -0.2) is 4.99 Å². The van der Waals surface area contributed by atoms with Crippen LogP contribution in [-0.4, -0.2) is 36.3 Å². The van der Waals surface area contributed by atoms with Crippen LogP contribution in [0.5, 0.6) is 5.75 Å². The summed E-state index contributed by atoms with van der Waals surface area (Å²) >= 11 is 5.67. The van der Waals surface area contributed by atoms with Crippen LogP contribution in [0.15, 0.2) is 28.2 Å². The molecule has 4 N–H and O–H groups in total. The van der Waals surface area contributed by atoms with E-state index < -0.39 is 12.1 Å². The topological polar surface area (TPSA) is 89.2 Å². The van der Waals surface area contributed by atoms with Crippen molar-refractivity contribution in [3.05, 3.63) is 23.2 Å². The molecule has 1 saturated heterocycles. The number of hydrogen-bond donors (Lipinski definition) is 2. The number of alkyl halides is 3. The van der Waals surface area contributed by atoms with Crippen LogP contribution in [0.2, 0.25) is 5.02 Å². The van der Waals surface area contributed by atoms with Gasteiger partial charge >= 0.3 is 6.36 Å². The first-order valence-electron chi connectivity index (χ1n) is 7.23. The molecule has 1 fully saturated rings.